The topological polar surface area (TPSA) is 64.2 Å². The number of benzene rings is 1. The highest BCUT2D eigenvalue weighted by Crippen LogP contribution is 2.32. The molecule has 0 aliphatic rings. The van der Waals surface area contributed by atoms with E-state index in [2.05, 4.69) is 0 Å². The molecular formula is C11H13NO2. The van der Waals surface area contributed by atoms with Crippen molar-refractivity contribution >= 4 is 0 Å². The molecule has 1 rings (SSSR count). The summed E-state index contributed by atoms with van der Waals surface area (Å²) in [6.07, 6.45) is 1.43. The SMILES string of the molecule is CCCc1c(O)c(C)cc(O)c1C#N. The maximum Gasteiger partial charge on any atom is 0.134 e. The van der Waals surface area contributed by atoms with E-state index in [1.54, 1.807) is 6.92 Å². The minimum atomic E-state index is -0.0498. The predicted molar refractivity (Wildman–Crippen MR) is 53.2 cm³/mol. The zero-order chi connectivity index (χ0) is 10.7. The Morgan fingerprint density at radius 1 is 1.43 bits per heavy atom. The normalized spacial score (nSPS) is 9.79. The molecule has 0 heterocycles. The number of nitrogens with zero attached hydrogens (tertiary/aromatic N) is 1. The van der Waals surface area contributed by atoms with Gasteiger partial charge in [0.2, 0.25) is 0 Å². The molecule has 14 heavy (non-hydrogen) atoms. The van der Waals surface area contributed by atoms with Crippen molar-refractivity contribution in [1.82, 2.24) is 0 Å². The summed E-state index contributed by atoms with van der Waals surface area (Å²) >= 11 is 0. The summed E-state index contributed by atoms with van der Waals surface area (Å²) in [6, 6.07) is 3.32. The Morgan fingerprint density at radius 3 is 2.57 bits per heavy atom. The van der Waals surface area contributed by atoms with Crippen molar-refractivity contribution in [2.24, 2.45) is 0 Å². The van der Waals surface area contributed by atoms with Gasteiger partial charge in [-0.1, -0.05) is 13.3 Å². The molecule has 0 fully saturated rings. The van der Waals surface area contributed by atoms with Crippen LogP contribution < -0.4 is 0 Å². The monoisotopic (exact) mass is 191 g/mol. The van der Waals surface area contributed by atoms with Crippen molar-refractivity contribution in [3.8, 4) is 17.6 Å². The van der Waals surface area contributed by atoms with Crippen LogP contribution in [0.3, 0.4) is 0 Å². The second kappa shape index (κ2) is 4.01. The van der Waals surface area contributed by atoms with E-state index < -0.39 is 0 Å². The molecule has 0 amide bonds. The maximum absolute atomic E-state index is 9.70. The minimum absolute atomic E-state index is 0.0498. The second-order valence-electron chi connectivity index (χ2n) is 3.28. The summed E-state index contributed by atoms with van der Waals surface area (Å²) in [5.41, 5.74) is 1.34. The van der Waals surface area contributed by atoms with Crippen molar-refractivity contribution in [2.45, 2.75) is 26.7 Å². The van der Waals surface area contributed by atoms with Crippen molar-refractivity contribution in [2.75, 3.05) is 0 Å². The third-order valence-corrected chi connectivity index (χ3v) is 2.18. The molecule has 0 radical (unpaired) electrons. The van der Waals surface area contributed by atoms with E-state index in [1.165, 1.54) is 6.07 Å². The highest BCUT2D eigenvalue weighted by molar-refractivity contribution is 5.57. The lowest BCUT2D eigenvalue weighted by Crippen LogP contribution is -1.93. The first kappa shape index (κ1) is 10.4. The Hall–Kier alpha value is -1.69. The summed E-state index contributed by atoms with van der Waals surface area (Å²) in [5, 5.41) is 28.0. The molecule has 0 atom stereocenters. The Balaban J connectivity index is 3.42. The number of rotatable bonds is 2. The van der Waals surface area contributed by atoms with Gasteiger partial charge in [-0.25, -0.2) is 0 Å². The summed E-state index contributed by atoms with van der Waals surface area (Å²) in [7, 11) is 0. The van der Waals surface area contributed by atoms with Crippen LogP contribution in [0.4, 0.5) is 0 Å². The summed E-state index contributed by atoms with van der Waals surface area (Å²) < 4.78 is 0. The average molecular weight is 191 g/mol. The number of phenolic OH excluding ortho intramolecular Hbond substituents is 2. The van der Waals surface area contributed by atoms with Gasteiger partial charge in [0.25, 0.3) is 0 Å². The number of nitriles is 1. The Bertz CT molecular complexity index is 391. The molecule has 1 aromatic rings. The van der Waals surface area contributed by atoms with Crippen molar-refractivity contribution in [3.05, 3.63) is 22.8 Å². The van der Waals surface area contributed by atoms with Crippen LogP contribution in [0.5, 0.6) is 11.5 Å². The van der Waals surface area contributed by atoms with Crippen LogP contribution in [0, 0.1) is 18.3 Å². The minimum Gasteiger partial charge on any atom is -0.507 e. The smallest absolute Gasteiger partial charge is 0.134 e. The molecule has 0 bridgehead atoms. The number of phenols is 2. The van der Waals surface area contributed by atoms with Crippen molar-refractivity contribution in [1.29, 1.82) is 5.26 Å². The van der Waals surface area contributed by atoms with Gasteiger partial charge < -0.3 is 10.2 Å². The number of aromatic hydroxyl groups is 2. The second-order valence-corrected chi connectivity index (χ2v) is 3.28. The summed E-state index contributed by atoms with van der Waals surface area (Å²) in [5.74, 6) is 0.0763. The van der Waals surface area contributed by atoms with Gasteiger partial charge in [0.1, 0.15) is 23.1 Å². The first-order valence-corrected chi connectivity index (χ1v) is 4.56. The van der Waals surface area contributed by atoms with Crippen molar-refractivity contribution < 1.29 is 10.2 Å². The van der Waals surface area contributed by atoms with Crippen LogP contribution in [0.2, 0.25) is 0 Å². The lowest BCUT2D eigenvalue weighted by Gasteiger charge is -2.09. The molecule has 0 saturated heterocycles. The van der Waals surface area contributed by atoms with Gasteiger partial charge in [-0.3, -0.25) is 0 Å². The van der Waals surface area contributed by atoms with E-state index in [0.29, 0.717) is 17.5 Å². The Kier molecular flexibility index (Phi) is 2.98. The third-order valence-electron chi connectivity index (χ3n) is 2.18. The first-order valence-electron chi connectivity index (χ1n) is 4.56. The van der Waals surface area contributed by atoms with E-state index in [4.69, 9.17) is 5.26 Å². The molecule has 0 saturated carbocycles. The zero-order valence-electron chi connectivity index (χ0n) is 8.33. The quantitative estimate of drug-likeness (QED) is 0.704. The van der Waals surface area contributed by atoms with Gasteiger partial charge in [-0.15, -0.1) is 0 Å². The molecule has 0 spiro atoms. The molecule has 2 N–H and O–H groups in total. The standard InChI is InChI=1S/C11H13NO2/c1-3-4-8-9(6-12)10(13)5-7(2)11(8)14/h5,13-14H,3-4H2,1-2H3. The van der Waals surface area contributed by atoms with Crippen molar-refractivity contribution in [3.63, 3.8) is 0 Å². The fraction of sp³-hybridized carbons (Fsp3) is 0.364. The molecule has 0 unspecified atom stereocenters. The predicted octanol–water partition coefficient (Wildman–Crippen LogP) is 2.23. The van der Waals surface area contributed by atoms with Crippen LogP contribution in [0.15, 0.2) is 6.07 Å². The number of hydrogen-bond acceptors (Lipinski definition) is 3. The van der Waals surface area contributed by atoms with Gasteiger partial charge in [0, 0.05) is 5.56 Å². The zero-order valence-corrected chi connectivity index (χ0v) is 8.33. The lowest BCUT2D eigenvalue weighted by atomic mass is 9.99. The molecule has 0 aliphatic carbocycles. The summed E-state index contributed by atoms with van der Waals surface area (Å²) in [6.45, 7) is 3.66. The van der Waals surface area contributed by atoms with E-state index >= 15 is 0 Å². The molecular weight excluding hydrogens is 178 g/mol. The molecule has 1 aromatic carbocycles. The molecule has 0 aromatic heterocycles. The van der Waals surface area contributed by atoms with Crippen LogP contribution in [0.1, 0.15) is 30.0 Å². The van der Waals surface area contributed by atoms with Gasteiger partial charge in [-0.05, 0) is 25.0 Å². The highest BCUT2D eigenvalue weighted by Gasteiger charge is 2.14. The first-order chi connectivity index (χ1) is 6.61. The Morgan fingerprint density at radius 2 is 2.07 bits per heavy atom. The average Bonchev–Trinajstić information content (AvgIpc) is 2.14. The van der Waals surface area contributed by atoms with Crippen LogP contribution >= 0.6 is 0 Å². The van der Waals surface area contributed by atoms with E-state index in [0.717, 1.165) is 6.42 Å². The molecule has 3 nitrogen and oxygen atoms in total. The van der Waals surface area contributed by atoms with Crippen LogP contribution in [-0.4, -0.2) is 10.2 Å². The van der Waals surface area contributed by atoms with Gasteiger partial charge in [0.15, 0.2) is 0 Å². The van der Waals surface area contributed by atoms with Crippen LogP contribution in [-0.2, 0) is 6.42 Å². The number of aryl methyl sites for hydroxylation is 1. The molecule has 3 heteroatoms. The van der Waals surface area contributed by atoms with Crippen LogP contribution in [0.25, 0.3) is 0 Å². The molecule has 74 valence electrons. The fourth-order valence-electron chi connectivity index (χ4n) is 1.47. The van der Waals surface area contributed by atoms with Gasteiger partial charge in [-0.2, -0.15) is 5.26 Å². The van der Waals surface area contributed by atoms with E-state index in [1.807, 2.05) is 13.0 Å². The summed E-state index contributed by atoms with van der Waals surface area (Å²) in [4.78, 5) is 0. The fourth-order valence-corrected chi connectivity index (χ4v) is 1.47. The van der Waals surface area contributed by atoms with E-state index in [9.17, 15) is 10.2 Å². The highest BCUT2D eigenvalue weighted by atomic mass is 16.3. The maximum atomic E-state index is 9.70. The van der Waals surface area contributed by atoms with E-state index in [-0.39, 0.29) is 17.1 Å². The lowest BCUT2D eigenvalue weighted by molar-refractivity contribution is 0.448. The third kappa shape index (κ3) is 1.64. The molecule has 0 aliphatic heterocycles. The largest absolute Gasteiger partial charge is 0.507 e. The number of hydrogen-bond donors (Lipinski definition) is 2. The van der Waals surface area contributed by atoms with Gasteiger partial charge >= 0.3 is 0 Å². The van der Waals surface area contributed by atoms with Gasteiger partial charge in [0.05, 0.1) is 0 Å². The Labute approximate surface area is 83.2 Å².